The molecule has 1 atom stereocenters. The summed E-state index contributed by atoms with van der Waals surface area (Å²) in [5.74, 6) is -0.825. The summed E-state index contributed by atoms with van der Waals surface area (Å²) in [5, 5.41) is 8.38. The second-order valence-electron chi connectivity index (χ2n) is 2.63. The van der Waals surface area contributed by atoms with Crippen LogP contribution >= 0.6 is 0 Å². The van der Waals surface area contributed by atoms with Crippen molar-refractivity contribution < 1.29 is 19.4 Å². The van der Waals surface area contributed by atoms with Crippen LogP contribution in [-0.4, -0.2) is 37.5 Å². The van der Waals surface area contributed by atoms with Gasteiger partial charge in [-0.1, -0.05) is 0 Å². The van der Waals surface area contributed by atoms with Gasteiger partial charge < -0.3 is 14.6 Å². The normalized spacial score (nSPS) is 12.8. The molecule has 0 aliphatic rings. The Morgan fingerprint density at radius 3 is 2.67 bits per heavy atom. The molecule has 72 valence electrons. The Labute approximate surface area is 72.5 Å². The number of hydrogen-bond acceptors (Lipinski definition) is 3. The van der Waals surface area contributed by atoms with Crippen LogP contribution in [0.5, 0.6) is 0 Å². The highest BCUT2D eigenvalue weighted by molar-refractivity contribution is 5.67. The van der Waals surface area contributed by atoms with E-state index in [1.807, 2.05) is 0 Å². The van der Waals surface area contributed by atoms with Crippen LogP contribution in [0, 0.1) is 0 Å². The summed E-state index contributed by atoms with van der Waals surface area (Å²) in [6, 6.07) is 0. The van der Waals surface area contributed by atoms with E-state index in [2.05, 4.69) is 0 Å². The van der Waals surface area contributed by atoms with Gasteiger partial charge in [-0.25, -0.2) is 0 Å². The average molecular weight is 176 g/mol. The predicted molar refractivity (Wildman–Crippen MR) is 44.2 cm³/mol. The predicted octanol–water partition coefficient (Wildman–Crippen LogP) is 0.903. The summed E-state index contributed by atoms with van der Waals surface area (Å²) in [4.78, 5) is 10.2. The van der Waals surface area contributed by atoms with Crippen LogP contribution in [-0.2, 0) is 14.3 Å². The second kappa shape index (κ2) is 7.06. The Hall–Kier alpha value is -0.610. The topological polar surface area (TPSA) is 55.8 Å². The second-order valence-corrected chi connectivity index (χ2v) is 2.63. The van der Waals surface area contributed by atoms with Crippen LogP contribution in [0.1, 0.15) is 19.8 Å². The van der Waals surface area contributed by atoms with Crippen LogP contribution in [0.3, 0.4) is 0 Å². The molecule has 0 aliphatic heterocycles. The van der Waals surface area contributed by atoms with Gasteiger partial charge in [-0.3, -0.25) is 4.79 Å². The highest BCUT2D eigenvalue weighted by Gasteiger charge is 2.06. The first-order valence-electron chi connectivity index (χ1n) is 3.99. The molecule has 0 radical (unpaired) electrons. The van der Waals surface area contributed by atoms with E-state index in [0.717, 1.165) is 6.42 Å². The zero-order chi connectivity index (χ0) is 9.40. The Kier molecular flexibility index (Phi) is 6.70. The smallest absolute Gasteiger partial charge is 0.305 e. The Bertz CT molecular complexity index is 124. The molecule has 0 spiro atoms. The van der Waals surface area contributed by atoms with Crippen molar-refractivity contribution in [3.63, 3.8) is 0 Å². The van der Waals surface area contributed by atoms with Gasteiger partial charge in [-0.15, -0.1) is 0 Å². The summed E-state index contributed by atoms with van der Waals surface area (Å²) >= 11 is 0. The molecule has 4 heteroatoms. The van der Waals surface area contributed by atoms with E-state index in [1.165, 1.54) is 0 Å². The molecule has 0 aromatic rings. The molecule has 0 saturated heterocycles. The minimum Gasteiger partial charge on any atom is -0.481 e. The number of carbonyl (C=O) groups is 1. The van der Waals surface area contributed by atoms with Gasteiger partial charge in [0, 0.05) is 20.3 Å². The number of carboxylic acids is 1. The van der Waals surface area contributed by atoms with E-state index >= 15 is 0 Å². The van der Waals surface area contributed by atoms with Crippen molar-refractivity contribution in [1.29, 1.82) is 0 Å². The van der Waals surface area contributed by atoms with Gasteiger partial charge in [0.2, 0.25) is 0 Å². The third kappa shape index (κ3) is 7.50. The van der Waals surface area contributed by atoms with Gasteiger partial charge in [-0.2, -0.15) is 0 Å². The van der Waals surface area contributed by atoms with E-state index in [4.69, 9.17) is 14.6 Å². The zero-order valence-electron chi connectivity index (χ0n) is 7.58. The molecule has 0 unspecified atom stereocenters. The first-order chi connectivity index (χ1) is 5.66. The van der Waals surface area contributed by atoms with Crippen molar-refractivity contribution in [3.8, 4) is 0 Å². The molecule has 0 aliphatic carbocycles. The monoisotopic (exact) mass is 176 g/mol. The Morgan fingerprint density at radius 1 is 1.50 bits per heavy atom. The summed E-state index contributed by atoms with van der Waals surface area (Å²) in [6.07, 6.45) is 0.660. The summed E-state index contributed by atoms with van der Waals surface area (Å²) < 4.78 is 10.0. The van der Waals surface area contributed by atoms with Crippen LogP contribution in [0.4, 0.5) is 0 Å². The summed E-state index contributed by atoms with van der Waals surface area (Å²) in [5.41, 5.74) is 0. The zero-order valence-corrected chi connectivity index (χ0v) is 7.58. The summed E-state index contributed by atoms with van der Waals surface area (Å²) in [7, 11) is 1.63. The molecule has 0 amide bonds. The molecule has 0 rings (SSSR count). The van der Waals surface area contributed by atoms with Crippen molar-refractivity contribution in [2.75, 3.05) is 20.3 Å². The molecule has 0 heterocycles. The SMILES string of the molecule is COCCCO[C@@H](C)CC(=O)O. The molecule has 12 heavy (non-hydrogen) atoms. The highest BCUT2D eigenvalue weighted by atomic mass is 16.5. The fraction of sp³-hybridized carbons (Fsp3) is 0.875. The Morgan fingerprint density at radius 2 is 2.17 bits per heavy atom. The molecule has 0 saturated carbocycles. The maximum atomic E-state index is 10.2. The lowest BCUT2D eigenvalue weighted by Gasteiger charge is -2.09. The minimum absolute atomic E-state index is 0.0625. The average Bonchev–Trinajstić information content (AvgIpc) is 1.97. The third-order valence-corrected chi connectivity index (χ3v) is 1.36. The first-order valence-corrected chi connectivity index (χ1v) is 3.99. The number of ether oxygens (including phenoxy) is 2. The molecule has 1 N–H and O–H groups in total. The number of carboxylic acid groups (broad SMARTS) is 1. The van der Waals surface area contributed by atoms with E-state index in [0.29, 0.717) is 13.2 Å². The molecule has 4 nitrogen and oxygen atoms in total. The van der Waals surface area contributed by atoms with Gasteiger partial charge in [0.15, 0.2) is 0 Å². The van der Waals surface area contributed by atoms with Gasteiger partial charge >= 0.3 is 5.97 Å². The number of rotatable bonds is 7. The van der Waals surface area contributed by atoms with Crippen LogP contribution in [0.25, 0.3) is 0 Å². The van der Waals surface area contributed by atoms with E-state index in [1.54, 1.807) is 14.0 Å². The largest absolute Gasteiger partial charge is 0.481 e. The van der Waals surface area contributed by atoms with Crippen molar-refractivity contribution >= 4 is 5.97 Å². The van der Waals surface area contributed by atoms with Gasteiger partial charge in [-0.05, 0) is 13.3 Å². The lowest BCUT2D eigenvalue weighted by Crippen LogP contribution is -2.14. The molecular weight excluding hydrogens is 160 g/mol. The maximum Gasteiger partial charge on any atom is 0.305 e. The third-order valence-electron chi connectivity index (χ3n) is 1.36. The molecule has 0 aromatic carbocycles. The van der Waals surface area contributed by atoms with Crippen molar-refractivity contribution in [2.45, 2.75) is 25.9 Å². The van der Waals surface area contributed by atoms with Gasteiger partial charge in [0.1, 0.15) is 0 Å². The fourth-order valence-electron chi connectivity index (χ4n) is 0.793. The van der Waals surface area contributed by atoms with Crippen molar-refractivity contribution in [2.24, 2.45) is 0 Å². The van der Waals surface area contributed by atoms with E-state index in [-0.39, 0.29) is 12.5 Å². The van der Waals surface area contributed by atoms with Gasteiger partial charge in [0.05, 0.1) is 12.5 Å². The molecular formula is C8H16O4. The maximum absolute atomic E-state index is 10.2. The number of aliphatic carboxylic acids is 1. The number of hydrogen-bond donors (Lipinski definition) is 1. The first kappa shape index (κ1) is 11.4. The van der Waals surface area contributed by atoms with Gasteiger partial charge in [0.25, 0.3) is 0 Å². The quantitative estimate of drug-likeness (QED) is 0.585. The fourth-order valence-corrected chi connectivity index (χ4v) is 0.793. The summed E-state index contributed by atoms with van der Waals surface area (Å²) in [6.45, 7) is 2.96. The van der Waals surface area contributed by atoms with Crippen molar-refractivity contribution in [1.82, 2.24) is 0 Å². The standard InChI is InChI=1S/C8H16O4/c1-7(6-8(9)10)12-5-3-4-11-2/h7H,3-6H2,1-2H3,(H,9,10)/t7-/m0/s1. The van der Waals surface area contributed by atoms with Crippen molar-refractivity contribution in [3.05, 3.63) is 0 Å². The molecule has 0 bridgehead atoms. The lowest BCUT2D eigenvalue weighted by atomic mass is 10.3. The number of methoxy groups -OCH3 is 1. The molecule has 0 aromatic heterocycles. The lowest BCUT2D eigenvalue weighted by molar-refractivity contribution is -0.139. The van der Waals surface area contributed by atoms with E-state index in [9.17, 15) is 4.79 Å². The van der Waals surface area contributed by atoms with E-state index < -0.39 is 5.97 Å². The Balaban J connectivity index is 3.19. The molecule has 0 fully saturated rings. The highest BCUT2D eigenvalue weighted by Crippen LogP contribution is 1.97. The van der Waals surface area contributed by atoms with Crippen LogP contribution in [0.2, 0.25) is 0 Å². The van der Waals surface area contributed by atoms with Crippen LogP contribution < -0.4 is 0 Å². The minimum atomic E-state index is -0.825. The van der Waals surface area contributed by atoms with Crippen LogP contribution in [0.15, 0.2) is 0 Å².